The third-order valence-electron chi connectivity index (χ3n) is 3.83. The van der Waals surface area contributed by atoms with Gasteiger partial charge < -0.3 is 14.2 Å². The van der Waals surface area contributed by atoms with Gasteiger partial charge in [0.25, 0.3) is 5.91 Å². The molecule has 1 aliphatic heterocycles. The van der Waals surface area contributed by atoms with Crippen LogP contribution in [0.3, 0.4) is 0 Å². The number of nitrogens with zero attached hydrogens (tertiary/aromatic N) is 2. The Morgan fingerprint density at radius 1 is 0.929 bits per heavy atom. The molecule has 1 saturated heterocycles. The van der Waals surface area contributed by atoms with Crippen molar-refractivity contribution < 1.29 is 19.0 Å². The van der Waals surface area contributed by atoms with Crippen molar-refractivity contribution in [3.05, 3.63) is 58.5 Å². The van der Waals surface area contributed by atoms with Gasteiger partial charge in [0.1, 0.15) is 5.75 Å². The number of amides is 1. The van der Waals surface area contributed by atoms with E-state index in [2.05, 4.69) is 15.5 Å². The number of hydrogen-bond donors (Lipinski definition) is 1. The molecular formula is C20H19N3O4S. The first-order valence-electron chi connectivity index (χ1n) is 8.31. The Bertz CT molecular complexity index is 952. The first-order chi connectivity index (χ1) is 13.6. The minimum atomic E-state index is -0.224. The van der Waals surface area contributed by atoms with E-state index in [4.69, 9.17) is 14.2 Å². The smallest absolute Gasteiger partial charge is 0.264 e. The maximum atomic E-state index is 12.2. The molecule has 0 aliphatic carbocycles. The van der Waals surface area contributed by atoms with Crippen LogP contribution in [-0.2, 0) is 4.79 Å². The predicted octanol–water partition coefficient (Wildman–Crippen LogP) is 3.31. The number of thioether (sulfide) groups is 1. The van der Waals surface area contributed by atoms with Crippen LogP contribution >= 0.6 is 11.8 Å². The van der Waals surface area contributed by atoms with Crippen molar-refractivity contribution in [3.8, 4) is 17.2 Å². The van der Waals surface area contributed by atoms with E-state index in [1.807, 2.05) is 30.3 Å². The number of rotatable bonds is 6. The maximum Gasteiger partial charge on any atom is 0.264 e. The first kappa shape index (κ1) is 19.5. The van der Waals surface area contributed by atoms with E-state index in [1.54, 1.807) is 45.8 Å². The molecule has 3 rings (SSSR count). The highest BCUT2D eigenvalue weighted by atomic mass is 32.2. The van der Waals surface area contributed by atoms with Crippen molar-refractivity contribution in [3.63, 3.8) is 0 Å². The van der Waals surface area contributed by atoms with Crippen molar-refractivity contribution in [2.45, 2.75) is 0 Å². The van der Waals surface area contributed by atoms with Crippen LogP contribution < -0.4 is 19.5 Å². The molecule has 8 heteroatoms. The van der Waals surface area contributed by atoms with E-state index in [9.17, 15) is 4.79 Å². The minimum Gasteiger partial charge on any atom is -0.497 e. The molecule has 2 aromatic carbocycles. The zero-order valence-corrected chi connectivity index (χ0v) is 16.4. The number of nitrogens with one attached hydrogen (secondary N) is 1. The fraction of sp³-hybridized carbons (Fsp3) is 0.150. The lowest BCUT2D eigenvalue weighted by molar-refractivity contribution is -0.115. The Balaban J connectivity index is 1.71. The second-order valence-electron chi connectivity index (χ2n) is 5.60. The highest BCUT2D eigenvalue weighted by Gasteiger charge is 2.24. The molecule has 0 atom stereocenters. The molecule has 1 amide bonds. The van der Waals surface area contributed by atoms with Gasteiger partial charge in [-0.3, -0.25) is 10.1 Å². The van der Waals surface area contributed by atoms with Gasteiger partial charge in [0.05, 0.1) is 32.4 Å². The van der Waals surface area contributed by atoms with Crippen LogP contribution in [-0.4, -0.2) is 38.6 Å². The monoisotopic (exact) mass is 397 g/mol. The van der Waals surface area contributed by atoms with Gasteiger partial charge in [0.15, 0.2) is 16.7 Å². The van der Waals surface area contributed by atoms with Crippen LogP contribution in [0.15, 0.2) is 57.6 Å². The molecule has 1 fully saturated rings. The number of ether oxygens (including phenoxy) is 3. The summed E-state index contributed by atoms with van der Waals surface area (Å²) in [6.45, 7) is 0. The molecular weight excluding hydrogens is 378 g/mol. The summed E-state index contributed by atoms with van der Waals surface area (Å²) in [5.41, 5.74) is 1.69. The van der Waals surface area contributed by atoms with Gasteiger partial charge in [-0.1, -0.05) is 6.07 Å². The van der Waals surface area contributed by atoms with E-state index in [-0.39, 0.29) is 5.91 Å². The van der Waals surface area contributed by atoms with E-state index in [1.165, 1.54) is 11.8 Å². The zero-order chi connectivity index (χ0) is 19.9. The summed E-state index contributed by atoms with van der Waals surface area (Å²) >= 11 is 1.22. The van der Waals surface area contributed by atoms with Gasteiger partial charge >= 0.3 is 0 Å². The number of benzene rings is 2. The molecule has 2 aromatic rings. The molecule has 7 nitrogen and oxygen atoms in total. The van der Waals surface area contributed by atoms with E-state index in [0.717, 1.165) is 16.9 Å². The molecule has 28 heavy (non-hydrogen) atoms. The molecule has 144 valence electrons. The lowest BCUT2D eigenvalue weighted by atomic mass is 10.2. The second kappa shape index (κ2) is 9.09. The number of carbonyl (C=O) groups excluding carboxylic acids is 1. The van der Waals surface area contributed by atoms with Gasteiger partial charge in [-0.2, -0.15) is 5.10 Å². The maximum absolute atomic E-state index is 12.2. The van der Waals surface area contributed by atoms with Gasteiger partial charge in [-0.15, -0.1) is 5.10 Å². The largest absolute Gasteiger partial charge is 0.497 e. The summed E-state index contributed by atoms with van der Waals surface area (Å²) in [4.78, 5) is 12.7. The number of carbonyl (C=O) groups is 1. The van der Waals surface area contributed by atoms with Crippen molar-refractivity contribution >= 4 is 35.1 Å². The first-order valence-corrected chi connectivity index (χ1v) is 9.12. The van der Waals surface area contributed by atoms with Gasteiger partial charge in [-0.25, -0.2) is 0 Å². The fourth-order valence-corrected chi connectivity index (χ4v) is 3.19. The summed E-state index contributed by atoms with van der Waals surface area (Å²) in [6.07, 6.45) is 3.37. The lowest BCUT2D eigenvalue weighted by Crippen LogP contribution is -2.19. The van der Waals surface area contributed by atoms with Crippen LogP contribution in [0.4, 0.5) is 0 Å². The molecule has 0 radical (unpaired) electrons. The van der Waals surface area contributed by atoms with E-state index in [0.29, 0.717) is 21.6 Å². The normalized spacial score (nSPS) is 16.6. The lowest BCUT2D eigenvalue weighted by Gasteiger charge is -2.07. The van der Waals surface area contributed by atoms with Gasteiger partial charge in [-0.05, 0) is 65.4 Å². The third kappa shape index (κ3) is 4.72. The molecule has 0 saturated carbocycles. The van der Waals surface area contributed by atoms with Crippen LogP contribution in [0.5, 0.6) is 17.2 Å². The summed E-state index contributed by atoms with van der Waals surface area (Å²) < 4.78 is 15.6. The zero-order valence-electron chi connectivity index (χ0n) is 15.6. The summed E-state index contributed by atoms with van der Waals surface area (Å²) in [5.74, 6) is 1.77. The molecule has 1 N–H and O–H groups in total. The van der Waals surface area contributed by atoms with E-state index < -0.39 is 0 Å². The molecule has 1 aliphatic rings. The Labute approximate surface area is 167 Å². The number of hydrogen-bond acceptors (Lipinski definition) is 7. The molecule has 0 spiro atoms. The van der Waals surface area contributed by atoms with Crippen LogP contribution in [0.2, 0.25) is 0 Å². The topological polar surface area (TPSA) is 81.5 Å². The minimum absolute atomic E-state index is 0.224. The summed E-state index contributed by atoms with van der Waals surface area (Å²) in [7, 11) is 4.75. The van der Waals surface area contributed by atoms with Crippen LogP contribution in [0.1, 0.15) is 11.1 Å². The highest BCUT2D eigenvalue weighted by molar-refractivity contribution is 8.18. The Kier molecular flexibility index (Phi) is 6.33. The second-order valence-corrected chi connectivity index (χ2v) is 6.63. The summed E-state index contributed by atoms with van der Waals surface area (Å²) in [6, 6.07) is 12.8. The SMILES string of the molecule is COc1ccc(/C=N/N=C2\NC(=O)/C(=C\c3ccc(OC)c(OC)c3)S2)cc1. The number of methoxy groups -OCH3 is 3. The highest BCUT2D eigenvalue weighted by Crippen LogP contribution is 2.31. The Morgan fingerprint density at radius 3 is 2.32 bits per heavy atom. The van der Waals surface area contributed by atoms with Crippen molar-refractivity contribution in [1.29, 1.82) is 0 Å². The van der Waals surface area contributed by atoms with Crippen molar-refractivity contribution in [1.82, 2.24) is 5.32 Å². The third-order valence-corrected chi connectivity index (χ3v) is 4.73. The quantitative estimate of drug-likeness (QED) is 0.459. The molecule has 0 aromatic heterocycles. The average Bonchev–Trinajstić information content (AvgIpc) is 3.07. The van der Waals surface area contributed by atoms with Gasteiger partial charge in [0.2, 0.25) is 0 Å². The van der Waals surface area contributed by atoms with Gasteiger partial charge in [0, 0.05) is 0 Å². The predicted molar refractivity (Wildman–Crippen MR) is 111 cm³/mol. The van der Waals surface area contributed by atoms with Crippen molar-refractivity contribution in [2.24, 2.45) is 10.2 Å². The van der Waals surface area contributed by atoms with E-state index >= 15 is 0 Å². The van der Waals surface area contributed by atoms with Crippen LogP contribution in [0.25, 0.3) is 6.08 Å². The Morgan fingerprint density at radius 2 is 1.64 bits per heavy atom. The molecule has 1 heterocycles. The number of amidine groups is 1. The molecule has 0 bridgehead atoms. The Hall–Kier alpha value is -3.26. The molecule has 0 unspecified atom stereocenters. The average molecular weight is 397 g/mol. The van der Waals surface area contributed by atoms with Crippen molar-refractivity contribution in [2.75, 3.05) is 21.3 Å². The summed E-state index contributed by atoms with van der Waals surface area (Å²) in [5, 5.41) is 11.2. The van der Waals surface area contributed by atoms with Crippen LogP contribution in [0, 0.1) is 0 Å². The standard InChI is InChI=1S/C20H19N3O4S/c1-25-15-7-4-13(5-8-15)12-21-23-20-22-19(24)18(28-20)11-14-6-9-16(26-2)17(10-14)27-3/h4-12H,1-3H3,(H,22,23,24)/b18-11+,21-12+. The fourth-order valence-electron chi connectivity index (χ4n) is 2.41.